The molecule has 2 unspecified atom stereocenters. The van der Waals surface area contributed by atoms with Crippen LogP contribution in [0.3, 0.4) is 0 Å². The lowest BCUT2D eigenvalue weighted by molar-refractivity contribution is -0.136. The lowest BCUT2D eigenvalue weighted by Gasteiger charge is -2.39. The van der Waals surface area contributed by atoms with Crippen molar-refractivity contribution in [3.63, 3.8) is 0 Å². The van der Waals surface area contributed by atoms with Gasteiger partial charge in [0.25, 0.3) is 0 Å². The molecule has 6 heteroatoms. The van der Waals surface area contributed by atoms with E-state index in [1.54, 1.807) is 18.2 Å². The van der Waals surface area contributed by atoms with E-state index in [9.17, 15) is 9.59 Å². The Morgan fingerprint density at radius 2 is 1.90 bits per heavy atom. The predicted octanol–water partition coefficient (Wildman–Crippen LogP) is 3.46. The highest BCUT2D eigenvalue weighted by atomic mass is 16.4. The van der Waals surface area contributed by atoms with Crippen molar-refractivity contribution in [2.24, 2.45) is 0 Å². The summed E-state index contributed by atoms with van der Waals surface area (Å²) in [5, 5.41) is 13.7. The van der Waals surface area contributed by atoms with Crippen molar-refractivity contribution in [1.82, 2.24) is 10.2 Å². The quantitative estimate of drug-likeness (QED) is 0.648. The molecule has 2 N–H and O–H groups in total. The summed E-state index contributed by atoms with van der Waals surface area (Å²) in [7, 11) is 0. The Hall–Kier alpha value is -2.70. The zero-order valence-electron chi connectivity index (χ0n) is 16.9. The molecule has 0 aliphatic carbocycles. The third-order valence-corrected chi connectivity index (χ3v) is 6.50. The maximum atomic E-state index is 13.2. The average molecular weight is 406 g/mol. The standard InChI is InChI=1S/C24H26N2O4/c27-23(28)11-15-5-7-20-18(10-15)24(29)19-12-16(6-8-21(19)30-20)17-13-25-22-4-2-1-3-9-26(22)14-17/h5-8,10,12,17,22,25H,1-4,9,11,13-14H2,(H,27,28). The Balaban J connectivity index is 1.51. The van der Waals surface area contributed by atoms with E-state index in [0.29, 0.717) is 39.6 Å². The molecule has 3 heterocycles. The molecule has 2 aliphatic rings. The van der Waals surface area contributed by atoms with E-state index in [1.807, 2.05) is 12.1 Å². The number of fused-ring (bicyclic) bond motifs is 3. The highest BCUT2D eigenvalue weighted by Crippen LogP contribution is 2.28. The Bertz CT molecular complexity index is 1170. The summed E-state index contributed by atoms with van der Waals surface area (Å²) in [4.78, 5) is 26.8. The average Bonchev–Trinajstić information content (AvgIpc) is 2.99. The molecule has 0 saturated carbocycles. The molecule has 0 bridgehead atoms. The molecule has 30 heavy (non-hydrogen) atoms. The number of hydrogen-bond acceptors (Lipinski definition) is 5. The van der Waals surface area contributed by atoms with E-state index in [0.717, 1.165) is 25.2 Å². The molecule has 6 nitrogen and oxygen atoms in total. The van der Waals surface area contributed by atoms with Crippen LogP contribution in [0.15, 0.2) is 45.6 Å². The highest BCUT2D eigenvalue weighted by Gasteiger charge is 2.29. The fourth-order valence-electron chi connectivity index (χ4n) is 4.93. The minimum atomic E-state index is -0.918. The SMILES string of the molecule is O=C(O)Cc1ccc2oc3ccc(C4CNC5CCCCCN5C4)cc3c(=O)c2c1. The van der Waals surface area contributed by atoms with Gasteiger partial charge in [0.05, 0.1) is 23.4 Å². The molecule has 156 valence electrons. The monoisotopic (exact) mass is 406 g/mol. The number of aliphatic carboxylic acids is 1. The van der Waals surface area contributed by atoms with E-state index in [2.05, 4.69) is 16.3 Å². The first kappa shape index (κ1) is 19.3. The van der Waals surface area contributed by atoms with Gasteiger partial charge in [-0.05, 0) is 54.8 Å². The van der Waals surface area contributed by atoms with Crippen molar-refractivity contribution in [3.05, 3.63) is 57.7 Å². The summed E-state index contributed by atoms with van der Waals surface area (Å²) in [5.41, 5.74) is 2.70. The third kappa shape index (κ3) is 3.61. The molecular weight excluding hydrogens is 380 g/mol. The number of nitrogens with zero attached hydrogens (tertiary/aromatic N) is 1. The van der Waals surface area contributed by atoms with Crippen molar-refractivity contribution >= 4 is 27.9 Å². The molecule has 0 spiro atoms. The molecule has 2 saturated heterocycles. The summed E-state index contributed by atoms with van der Waals surface area (Å²) < 4.78 is 5.96. The number of nitrogens with one attached hydrogen (secondary N) is 1. The molecule has 2 fully saturated rings. The fraction of sp³-hybridized carbons (Fsp3) is 0.417. The molecule has 2 atom stereocenters. The van der Waals surface area contributed by atoms with Crippen LogP contribution < -0.4 is 10.7 Å². The Kier molecular flexibility index (Phi) is 5.05. The van der Waals surface area contributed by atoms with Gasteiger partial charge < -0.3 is 14.8 Å². The lowest BCUT2D eigenvalue weighted by Crippen LogP contribution is -2.53. The van der Waals surface area contributed by atoms with E-state index in [4.69, 9.17) is 9.52 Å². The summed E-state index contributed by atoms with van der Waals surface area (Å²) in [6, 6.07) is 11.0. The van der Waals surface area contributed by atoms with Gasteiger partial charge in [0.1, 0.15) is 11.2 Å². The van der Waals surface area contributed by atoms with Crippen molar-refractivity contribution in [1.29, 1.82) is 0 Å². The van der Waals surface area contributed by atoms with Crippen molar-refractivity contribution < 1.29 is 14.3 Å². The number of benzene rings is 2. The second-order valence-electron chi connectivity index (χ2n) is 8.55. The summed E-state index contributed by atoms with van der Waals surface area (Å²) in [6.07, 6.45) is 5.40. The molecule has 1 aromatic heterocycles. The number of carboxylic acid groups (broad SMARTS) is 1. The van der Waals surface area contributed by atoms with Gasteiger partial charge in [-0.15, -0.1) is 0 Å². The van der Waals surface area contributed by atoms with Gasteiger partial charge in [0, 0.05) is 19.0 Å². The normalized spacial score (nSPS) is 22.7. The van der Waals surface area contributed by atoms with Crippen LogP contribution in [0.5, 0.6) is 0 Å². The van der Waals surface area contributed by atoms with Crippen LogP contribution in [-0.2, 0) is 11.2 Å². The van der Waals surface area contributed by atoms with Crippen molar-refractivity contribution in [2.45, 2.75) is 44.2 Å². The number of rotatable bonds is 3. The topological polar surface area (TPSA) is 82.8 Å². The van der Waals surface area contributed by atoms with Gasteiger partial charge in [0.15, 0.2) is 0 Å². The summed E-state index contributed by atoms with van der Waals surface area (Å²) >= 11 is 0. The van der Waals surface area contributed by atoms with Gasteiger partial charge in [-0.2, -0.15) is 0 Å². The molecule has 5 rings (SSSR count). The largest absolute Gasteiger partial charge is 0.481 e. The van der Waals surface area contributed by atoms with Crippen LogP contribution in [0.25, 0.3) is 21.9 Å². The zero-order chi connectivity index (χ0) is 20.7. The maximum Gasteiger partial charge on any atom is 0.307 e. The molecule has 2 aliphatic heterocycles. The third-order valence-electron chi connectivity index (χ3n) is 6.50. The minimum Gasteiger partial charge on any atom is -0.481 e. The first-order chi connectivity index (χ1) is 14.6. The number of hydrogen-bond donors (Lipinski definition) is 2. The number of carbonyl (C=O) groups is 1. The predicted molar refractivity (Wildman–Crippen MR) is 116 cm³/mol. The Labute approximate surface area is 174 Å². The fourth-order valence-corrected chi connectivity index (χ4v) is 4.93. The second kappa shape index (κ2) is 7.85. The Morgan fingerprint density at radius 1 is 1.10 bits per heavy atom. The summed E-state index contributed by atoms with van der Waals surface area (Å²) in [5.74, 6) is -0.587. The summed E-state index contributed by atoms with van der Waals surface area (Å²) in [6.45, 7) is 3.04. The van der Waals surface area contributed by atoms with Crippen LogP contribution in [0, 0.1) is 0 Å². The van der Waals surface area contributed by atoms with Crippen LogP contribution in [0.4, 0.5) is 0 Å². The molecule has 2 aromatic carbocycles. The van der Waals surface area contributed by atoms with Crippen molar-refractivity contribution in [2.75, 3.05) is 19.6 Å². The second-order valence-corrected chi connectivity index (χ2v) is 8.55. The molecule has 0 radical (unpaired) electrons. The van der Waals surface area contributed by atoms with Crippen LogP contribution in [0.1, 0.15) is 42.7 Å². The zero-order valence-corrected chi connectivity index (χ0v) is 16.9. The van der Waals surface area contributed by atoms with Gasteiger partial charge in [-0.1, -0.05) is 25.0 Å². The van der Waals surface area contributed by atoms with Gasteiger partial charge in [-0.25, -0.2) is 0 Å². The van der Waals surface area contributed by atoms with Crippen LogP contribution in [-0.4, -0.2) is 41.8 Å². The molecular formula is C24H26N2O4. The van der Waals surface area contributed by atoms with E-state index >= 15 is 0 Å². The van der Waals surface area contributed by atoms with Crippen LogP contribution in [0.2, 0.25) is 0 Å². The minimum absolute atomic E-state index is 0.100. The lowest BCUT2D eigenvalue weighted by atomic mass is 9.94. The first-order valence-electron chi connectivity index (χ1n) is 10.8. The van der Waals surface area contributed by atoms with E-state index in [-0.39, 0.29) is 11.8 Å². The van der Waals surface area contributed by atoms with Gasteiger partial charge in [-0.3, -0.25) is 14.5 Å². The molecule has 0 amide bonds. The van der Waals surface area contributed by atoms with E-state index < -0.39 is 5.97 Å². The van der Waals surface area contributed by atoms with Crippen LogP contribution >= 0.6 is 0 Å². The highest BCUT2D eigenvalue weighted by molar-refractivity contribution is 5.90. The Morgan fingerprint density at radius 3 is 2.73 bits per heavy atom. The molecule has 3 aromatic rings. The first-order valence-corrected chi connectivity index (χ1v) is 10.8. The maximum absolute atomic E-state index is 13.2. The van der Waals surface area contributed by atoms with Crippen molar-refractivity contribution in [3.8, 4) is 0 Å². The van der Waals surface area contributed by atoms with Gasteiger partial charge in [0.2, 0.25) is 5.43 Å². The van der Waals surface area contributed by atoms with Gasteiger partial charge >= 0.3 is 5.97 Å². The smallest absolute Gasteiger partial charge is 0.307 e. The van der Waals surface area contributed by atoms with E-state index in [1.165, 1.54) is 25.7 Å². The number of carboxylic acids is 1.